The summed E-state index contributed by atoms with van der Waals surface area (Å²) in [7, 11) is 1.38. The van der Waals surface area contributed by atoms with Crippen LogP contribution in [0.4, 0.5) is 0 Å². The molecular weight excluding hydrogens is 250 g/mol. The first-order chi connectivity index (χ1) is 8.67. The molecule has 3 N–H and O–H groups in total. The summed E-state index contributed by atoms with van der Waals surface area (Å²) in [5.74, 6) is -2.33. The summed E-state index contributed by atoms with van der Waals surface area (Å²) in [5.41, 5.74) is 3.92. The average molecular weight is 265 g/mol. The van der Waals surface area contributed by atoms with Gasteiger partial charge in [-0.2, -0.15) is 0 Å². The number of nitrogens with two attached hydrogens (primary N) is 1. The Morgan fingerprint density at radius 1 is 1.32 bits per heavy atom. The van der Waals surface area contributed by atoms with Crippen molar-refractivity contribution >= 4 is 17.8 Å². The van der Waals surface area contributed by atoms with Crippen molar-refractivity contribution in [2.45, 2.75) is 19.4 Å². The molecule has 0 aliphatic rings. The van der Waals surface area contributed by atoms with Crippen molar-refractivity contribution in [2.24, 2.45) is 5.73 Å². The third kappa shape index (κ3) is 2.87. The third-order valence-corrected chi connectivity index (χ3v) is 2.93. The first-order valence-electron chi connectivity index (χ1n) is 5.45. The van der Waals surface area contributed by atoms with E-state index in [0.29, 0.717) is 0 Å². The molecule has 0 aromatic carbocycles. The molecule has 7 heteroatoms. The minimum absolute atomic E-state index is 0.0434. The molecule has 0 radical (unpaired) electrons. The molecular formula is C12H15N3O4. The van der Waals surface area contributed by atoms with E-state index in [9.17, 15) is 14.4 Å². The monoisotopic (exact) mass is 265 g/mol. The van der Waals surface area contributed by atoms with Crippen LogP contribution in [0, 0.1) is 0 Å². The van der Waals surface area contributed by atoms with Crippen LogP contribution >= 0.6 is 0 Å². The zero-order valence-corrected chi connectivity index (χ0v) is 10.9. The van der Waals surface area contributed by atoms with E-state index in [1.54, 1.807) is 0 Å². The number of pyridine rings is 1. The van der Waals surface area contributed by atoms with Gasteiger partial charge in [-0.1, -0.05) is 0 Å². The van der Waals surface area contributed by atoms with Crippen molar-refractivity contribution < 1.29 is 19.5 Å². The molecule has 1 heterocycles. The fourth-order valence-corrected chi connectivity index (χ4v) is 1.24. The van der Waals surface area contributed by atoms with E-state index in [4.69, 9.17) is 10.8 Å². The third-order valence-electron chi connectivity index (χ3n) is 2.93. The molecule has 7 nitrogen and oxygen atoms in total. The summed E-state index contributed by atoms with van der Waals surface area (Å²) >= 11 is 0. The summed E-state index contributed by atoms with van der Waals surface area (Å²) in [6.07, 6.45) is 1.18. The van der Waals surface area contributed by atoms with E-state index < -0.39 is 23.3 Å². The van der Waals surface area contributed by atoms with Crippen LogP contribution in [0.2, 0.25) is 0 Å². The lowest BCUT2D eigenvalue weighted by Gasteiger charge is -2.31. The second-order valence-corrected chi connectivity index (χ2v) is 4.52. The second kappa shape index (κ2) is 5.05. The number of carboxylic acids is 1. The van der Waals surface area contributed by atoms with Gasteiger partial charge >= 0.3 is 5.97 Å². The lowest BCUT2D eigenvalue weighted by atomic mass is 10.0. The molecule has 0 saturated carbocycles. The number of aromatic nitrogens is 1. The molecule has 0 aliphatic heterocycles. The Morgan fingerprint density at radius 2 is 1.89 bits per heavy atom. The van der Waals surface area contributed by atoms with Crippen LogP contribution in [-0.2, 0) is 4.79 Å². The number of likely N-dealkylation sites (N-methyl/N-ethyl adjacent to an activating group) is 1. The second-order valence-electron chi connectivity index (χ2n) is 4.52. The van der Waals surface area contributed by atoms with Gasteiger partial charge in [0.15, 0.2) is 0 Å². The molecule has 0 unspecified atom stereocenters. The highest BCUT2D eigenvalue weighted by Crippen LogP contribution is 2.15. The van der Waals surface area contributed by atoms with Crippen LogP contribution in [-0.4, -0.2) is 45.4 Å². The van der Waals surface area contributed by atoms with Gasteiger partial charge in [0, 0.05) is 13.2 Å². The molecule has 0 saturated heterocycles. The molecule has 0 atom stereocenters. The molecule has 1 aromatic rings. The van der Waals surface area contributed by atoms with Gasteiger partial charge in [-0.3, -0.25) is 14.6 Å². The summed E-state index contributed by atoms with van der Waals surface area (Å²) < 4.78 is 0. The molecule has 0 aliphatic carbocycles. The van der Waals surface area contributed by atoms with Gasteiger partial charge in [-0.05, 0) is 26.0 Å². The first-order valence-corrected chi connectivity index (χ1v) is 5.45. The number of carbonyl (C=O) groups excluding carboxylic acids is 2. The highest BCUT2D eigenvalue weighted by atomic mass is 16.4. The van der Waals surface area contributed by atoms with E-state index >= 15 is 0 Å². The predicted molar refractivity (Wildman–Crippen MR) is 66.6 cm³/mol. The van der Waals surface area contributed by atoms with Crippen LogP contribution in [0.1, 0.15) is 34.7 Å². The maximum atomic E-state index is 12.1. The molecule has 2 amide bonds. The van der Waals surface area contributed by atoms with Crippen molar-refractivity contribution in [3.63, 3.8) is 0 Å². The fourth-order valence-electron chi connectivity index (χ4n) is 1.24. The average Bonchev–Trinajstić information content (AvgIpc) is 2.36. The van der Waals surface area contributed by atoms with Gasteiger partial charge in [-0.25, -0.2) is 4.79 Å². The Hall–Kier alpha value is -2.44. The fraction of sp³-hybridized carbons (Fsp3) is 0.333. The number of hydrogen-bond acceptors (Lipinski definition) is 4. The van der Waals surface area contributed by atoms with E-state index in [2.05, 4.69) is 4.98 Å². The zero-order valence-electron chi connectivity index (χ0n) is 10.9. The van der Waals surface area contributed by atoms with E-state index in [-0.39, 0.29) is 11.3 Å². The molecule has 19 heavy (non-hydrogen) atoms. The van der Waals surface area contributed by atoms with Gasteiger partial charge < -0.3 is 15.7 Å². The molecule has 0 bridgehead atoms. The van der Waals surface area contributed by atoms with Crippen molar-refractivity contribution in [1.82, 2.24) is 9.88 Å². The SMILES string of the molecule is CN(C(=O)c1ccc(C(N)=O)cn1)C(C)(C)C(=O)O. The lowest BCUT2D eigenvalue weighted by molar-refractivity contribution is -0.147. The predicted octanol–water partition coefficient (Wildman–Crippen LogP) is 0.116. The number of amides is 2. The van der Waals surface area contributed by atoms with E-state index in [1.165, 1.54) is 39.2 Å². The number of hydrogen-bond donors (Lipinski definition) is 2. The molecule has 1 aromatic heterocycles. The van der Waals surface area contributed by atoms with Crippen LogP contribution in [0.5, 0.6) is 0 Å². The zero-order chi connectivity index (χ0) is 14.8. The Bertz CT molecular complexity index is 522. The van der Waals surface area contributed by atoms with Crippen molar-refractivity contribution in [1.29, 1.82) is 0 Å². The van der Waals surface area contributed by atoms with Gasteiger partial charge in [-0.15, -0.1) is 0 Å². The number of carbonyl (C=O) groups is 3. The Balaban J connectivity index is 3.01. The topological polar surface area (TPSA) is 114 Å². The van der Waals surface area contributed by atoms with Gasteiger partial charge in [0.1, 0.15) is 11.2 Å². The maximum Gasteiger partial charge on any atom is 0.329 e. The van der Waals surface area contributed by atoms with Gasteiger partial charge in [0.2, 0.25) is 5.91 Å². The molecule has 1 rings (SSSR count). The molecule has 102 valence electrons. The summed E-state index contributed by atoms with van der Waals surface area (Å²) in [6.45, 7) is 2.82. The number of nitrogens with zero attached hydrogens (tertiary/aromatic N) is 2. The highest BCUT2D eigenvalue weighted by Gasteiger charge is 2.35. The van der Waals surface area contributed by atoms with Gasteiger partial charge in [0.25, 0.3) is 5.91 Å². The number of carboxylic acid groups (broad SMARTS) is 1. The first kappa shape index (κ1) is 14.6. The van der Waals surface area contributed by atoms with Crippen molar-refractivity contribution in [2.75, 3.05) is 7.05 Å². The Kier molecular flexibility index (Phi) is 3.89. The van der Waals surface area contributed by atoms with Crippen LogP contribution in [0.15, 0.2) is 18.3 Å². The minimum Gasteiger partial charge on any atom is -0.480 e. The van der Waals surface area contributed by atoms with Gasteiger partial charge in [0.05, 0.1) is 5.56 Å². The van der Waals surface area contributed by atoms with Crippen LogP contribution < -0.4 is 5.73 Å². The normalized spacial score (nSPS) is 10.9. The lowest BCUT2D eigenvalue weighted by Crippen LogP contribution is -2.50. The maximum absolute atomic E-state index is 12.1. The summed E-state index contributed by atoms with van der Waals surface area (Å²) in [4.78, 5) is 38.9. The standard InChI is InChI=1S/C12H15N3O4/c1-12(2,11(18)19)15(3)10(17)8-5-4-7(6-14-8)9(13)16/h4-6H,1-3H3,(H2,13,16)(H,18,19). The van der Waals surface area contributed by atoms with E-state index in [0.717, 1.165) is 4.90 Å². The summed E-state index contributed by atoms with van der Waals surface area (Å²) in [6, 6.07) is 2.70. The quantitative estimate of drug-likeness (QED) is 0.802. The molecule has 0 fully saturated rings. The van der Waals surface area contributed by atoms with Crippen molar-refractivity contribution in [3.05, 3.63) is 29.6 Å². The summed E-state index contributed by atoms with van der Waals surface area (Å²) in [5, 5.41) is 9.05. The highest BCUT2D eigenvalue weighted by molar-refractivity contribution is 5.97. The molecule has 0 spiro atoms. The Morgan fingerprint density at radius 3 is 2.26 bits per heavy atom. The minimum atomic E-state index is -1.36. The number of aliphatic carboxylic acids is 1. The number of rotatable bonds is 4. The van der Waals surface area contributed by atoms with E-state index in [1.807, 2.05) is 0 Å². The van der Waals surface area contributed by atoms with Crippen molar-refractivity contribution in [3.8, 4) is 0 Å². The number of primary amides is 1. The van der Waals surface area contributed by atoms with Crippen LogP contribution in [0.25, 0.3) is 0 Å². The Labute approximate surface area is 110 Å². The van der Waals surface area contributed by atoms with Crippen LogP contribution in [0.3, 0.4) is 0 Å². The smallest absolute Gasteiger partial charge is 0.329 e. The largest absolute Gasteiger partial charge is 0.480 e.